The predicted molar refractivity (Wildman–Crippen MR) is 87.6 cm³/mol. The van der Waals surface area contributed by atoms with E-state index in [9.17, 15) is 9.59 Å². The molecule has 23 heavy (non-hydrogen) atoms. The van der Waals surface area contributed by atoms with Crippen LogP contribution in [0.4, 0.5) is 0 Å². The van der Waals surface area contributed by atoms with Crippen molar-refractivity contribution in [2.24, 2.45) is 0 Å². The fraction of sp³-hybridized carbons (Fsp3) is 0.312. The van der Waals surface area contributed by atoms with E-state index in [2.05, 4.69) is 26.1 Å². The predicted octanol–water partition coefficient (Wildman–Crippen LogP) is 2.89. The van der Waals surface area contributed by atoms with Gasteiger partial charge in [-0.2, -0.15) is 5.10 Å². The first-order valence-electron chi connectivity index (χ1n) is 7.36. The summed E-state index contributed by atoms with van der Waals surface area (Å²) < 4.78 is 0.592. The van der Waals surface area contributed by atoms with Crippen molar-refractivity contribution in [1.29, 1.82) is 0 Å². The molecule has 1 aliphatic rings. The van der Waals surface area contributed by atoms with Crippen molar-refractivity contribution in [3.63, 3.8) is 0 Å². The summed E-state index contributed by atoms with van der Waals surface area (Å²) >= 11 is 3.26. The van der Waals surface area contributed by atoms with E-state index in [1.807, 2.05) is 12.4 Å². The number of carboxylic acids is 1. The number of carbonyl (C=O) groups excluding carboxylic acids is 1. The highest BCUT2D eigenvalue weighted by atomic mass is 79.9. The van der Waals surface area contributed by atoms with E-state index in [0.29, 0.717) is 29.0 Å². The van der Waals surface area contributed by atoms with Gasteiger partial charge in [-0.15, -0.1) is 0 Å². The number of likely N-dealkylation sites (tertiary alicyclic amines) is 1. The number of aromatic amines is 1. The van der Waals surface area contributed by atoms with Gasteiger partial charge >= 0.3 is 5.97 Å². The van der Waals surface area contributed by atoms with Gasteiger partial charge in [0.15, 0.2) is 0 Å². The quantitative estimate of drug-likeness (QED) is 0.860. The molecule has 2 N–H and O–H groups in total. The number of carboxylic acid groups (broad SMARTS) is 1. The number of H-pyrrole nitrogens is 1. The van der Waals surface area contributed by atoms with Gasteiger partial charge in [-0.3, -0.25) is 9.89 Å². The summed E-state index contributed by atoms with van der Waals surface area (Å²) in [4.78, 5) is 25.5. The van der Waals surface area contributed by atoms with Gasteiger partial charge in [0.2, 0.25) is 0 Å². The lowest BCUT2D eigenvalue weighted by Gasteiger charge is -2.31. The first kappa shape index (κ1) is 15.7. The Kier molecular flexibility index (Phi) is 4.47. The van der Waals surface area contributed by atoms with Crippen molar-refractivity contribution in [2.75, 3.05) is 13.1 Å². The van der Waals surface area contributed by atoms with Crippen LogP contribution < -0.4 is 0 Å². The standard InChI is InChI=1S/C16H16BrN3O3/c17-14-6-11(5-12(7-14)16(22)23)15(21)20-3-1-10(2-4-20)13-8-18-19-9-13/h5-10H,1-4H2,(H,18,19)(H,22,23). The Morgan fingerprint density at radius 3 is 2.52 bits per heavy atom. The van der Waals surface area contributed by atoms with E-state index in [-0.39, 0.29) is 11.5 Å². The fourth-order valence-corrected chi connectivity index (χ4v) is 3.41. The van der Waals surface area contributed by atoms with Crippen LogP contribution in [0.5, 0.6) is 0 Å². The largest absolute Gasteiger partial charge is 0.478 e. The molecule has 3 rings (SSSR count). The monoisotopic (exact) mass is 377 g/mol. The zero-order valence-electron chi connectivity index (χ0n) is 12.3. The maximum atomic E-state index is 12.6. The van der Waals surface area contributed by atoms with Crippen LogP contribution in [0.15, 0.2) is 35.1 Å². The molecule has 2 heterocycles. The summed E-state index contributed by atoms with van der Waals surface area (Å²) in [5.41, 5.74) is 1.68. The minimum absolute atomic E-state index is 0.107. The van der Waals surface area contributed by atoms with Gasteiger partial charge < -0.3 is 10.0 Å². The third-order valence-corrected chi connectivity index (χ3v) is 4.62. The fourth-order valence-electron chi connectivity index (χ4n) is 2.92. The van der Waals surface area contributed by atoms with Crippen LogP contribution in [0.3, 0.4) is 0 Å². The summed E-state index contributed by atoms with van der Waals surface area (Å²) in [6, 6.07) is 4.58. The smallest absolute Gasteiger partial charge is 0.335 e. The number of hydrogen-bond donors (Lipinski definition) is 2. The molecule has 0 saturated carbocycles. The summed E-state index contributed by atoms with van der Waals surface area (Å²) in [5, 5.41) is 15.9. The molecule has 0 unspecified atom stereocenters. The van der Waals surface area contributed by atoms with E-state index in [4.69, 9.17) is 5.11 Å². The molecule has 1 amide bonds. The van der Waals surface area contributed by atoms with Crippen LogP contribution in [-0.4, -0.2) is 45.2 Å². The molecule has 0 aliphatic carbocycles. The second-order valence-corrected chi connectivity index (χ2v) is 6.55. The average molecular weight is 378 g/mol. The number of piperidine rings is 1. The molecule has 6 nitrogen and oxygen atoms in total. The minimum Gasteiger partial charge on any atom is -0.478 e. The lowest BCUT2D eigenvalue weighted by molar-refractivity contribution is 0.0696. The number of nitrogens with one attached hydrogen (secondary N) is 1. The van der Waals surface area contributed by atoms with Gasteiger partial charge in [0, 0.05) is 29.3 Å². The highest BCUT2D eigenvalue weighted by Gasteiger charge is 2.25. The molecule has 1 aromatic carbocycles. The van der Waals surface area contributed by atoms with Crippen LogP contribution in [0.25, 0.3) is 0 Å². The van der Waals surface area contributed by atoms with Gasteiger partial charge in [-0.1, -0.05) is 15.9 Å². The van der Waals surface area contributed by atoms with Gasteiger partial charge in [-0.25, -0.2) is 4.79 Å². The minimum atomic E-state index is -1.04. The molecule has 0 bridgehead atoms. The zero-order chi connectivity index (χ0) is 16.4. The van der Waals surface area contributed by atoms with E-state index < -0.39 is 5.97 Å². The Morgan fingerprint density at radius 2 is 1.91 bits per heavy atom. The van der Waals surface area contributed by atoms with Crippen molar-refractivity contribution in [2.45, 2.75) is 18.8 Å². The molecule has 1 fully saturated rings. The average Bonchev–Trinajstić information content (AvgIpc) is 3.08. The maximum Gasteiger partial charge on any atom is 0.335 e. The maximum absolute atomic E-state index is 12.6. The van der Waals surface area contributed by atoms with Gasteiger partial charge in [0.25, 0.3) is 5.91 Å². The van der Waals surface area contributed by atoms with Crippen LogP contribution in [0.2, 0.25) is 0 Å². The number of carbonyl (C=O) groups is 2. The number of rotatable bonds is 3. The Balaban J connectivity index is 1.71. The molecule has 2 aromatic rings. The third kappa shape index (κ3) is 3.44. The third-order valence-electron chi connectivity index (χ3n) is 4.16. The summed E-state index contributed by atoms with van der Waals surface area (Å²) in [5.74, 6) is -0.756. The normalized spacial score (nSPS) is 15.6. The number of amides is 1. The summed E-state index contributed by atoms with van der Waals surface area (Å²) in [7, 11) is 0. The van der Waals surface area contributed by atoms with Crippen LogP contribution in [0, 0.1) is 0 Å². The molecule has 120 valence electrons. The molecular formula is C16H16BrN3O3. The number of aromatic nitrogens is 2. The molecule has 0 atom stereocenters. The first-order chi connectivity index (χ1) is 11.0. The van der Waals surface area contributed by atoms with Crippen molar-refractivity contribution in [3.05, 3.63) is 51.8 Å². The molecule has 1 aromatic heterocycles. The lowest BCUT2D eigenvalue weighted by Crippen LogP contribution is -2.38. The van der Waals surface area contributed by atoms with Gasteiger partial charge in [-0.05, 0) is 42.5 Å². The molecule has 7 heteroatoms. The topological polar surface area (TPSA) is 86.3 Å². The highest BCUT2D eigenvalue weighted by Crippen LogP contribution is 2.28. The number of halogens is 1. The van der Waals surface area contributed by atoms with E-state index in [1.54, 1.807) is 11.0 Å². The van der Waals surface area contributed by atoms with Crippen LogP contribution in [-0.2, 0) is 0 Å². The molecule has 0 spiro atoms. The molecular weight excluding hydrogens is 362 g/mol. The van der Waals surface area contributed by atoms with Crippen molar-refractivity contribution < 1.29 is 14.7 Å². The highest BCUT2D eigenvalue weighted by molar-refractivity contribution is 9.10. The first-order valence-corrected chi connectivity index (χ1v) is 8.15. The Bertz CT molecular complexity index is 722. The van der Waals surface area contributed by atoms with E-state index in [1.165, 1.54) is 17.7 Å². The zero-order valence-corrected chi connectivity index (χ0v) is 13.9. The van der Waals surface area contributed by atoms with Crippen molar-refractivity contribution in [1.82, 2.24) is 15.1 Å². The number of benzene rings is 1. The Hall–Kier alpha value is -2.15. The Labute approximate surface area is 141 Å². The lowest BCUT2D eigenvalue weighted by atomic mass is 9.91. The summed E-state index contributed by atoms with van der Waals surface area (Å²) in [6.07, 6.45) is 5.49. The molecule has 1 aliphatic heterocycles. The number of nitrogens with zero attached hydrogens (tertiary/aromatic N) is 2. The van der Waals surface area contributed by atoms with Crippen LogP contribution in [0.1, 0.15) is 45.0 Å². The van der Waals surface area contributed by atoms with Crippen LogP contribution >= 0.6 is 15.9 Å². The number of hydrogen-bond acceptors (Lipinski definition) is 3. The van der Waals surface area contributed by atoms with E-state index in [0.717, 1.165) is 12.8 Å². The Morgan fingerprint density at radius 1 is 1.22 bits per heavy atom. The number of aromatic carboxylic acids is 1. The SMILES string of the molecule is O=C(O)c1cc(Br)cc(C(=O)N2CCC(c3cn[nH]c3)CC2)c1. The second-order valence-electron chi connectivity index (χ2n) is 5.63. The van der Waals surface area contributed by atoms with Gasteiger partial charge in [0.1, 0.15) is 0 Å². The summed E-state index contributed by atoms with van der Waals surface area (Å²) in [6.45, 7) is 1.31. The molecule has 1 saturated heterocycles. The van der Waals surface area contributed by atoms with Gasteiger partial charge in [0.05, 0.1) is 11.8 Å². The van der Waals surface area contributed by atoms with Crippen molar-refractivity contribution in [3.8, 4) is 0 Å². The second kappa shape index (κ2) is 6.54. The molecule has 0 radical (unpaired) electrons. The van der Waals surface area contributed by atoms with E-state index >= 15 is 0 Å². The van der Waals surface area contributed by atoms with Crippen molar-refractivity contribution >= 4 is 27.8 Å².